The minimum atomic E-state index is -0.0449. The highest BCUT2D eigenvalue weighted by Crippen LogP contribution is 2.23. The SMILES string of the molecule is COc1cccc(CNC(=O)N2CCc3sccc3C2)n1. The van der Waals surface area contributed by atoms with Crippen molar-refractivity contribution in [3.05, 3.63) is 45.8 Å². The van der Waals surface area contributed by atoms with Crippen LogP contribution < -0.4 is 10.1 Å². The average molecular weight is 303 g/mol. The second-order valence-corrected chi connectivity index (χ2v) is 5.87. The number of hydrogen-bond acceptors (Lipinski definition) is 4. The summed E-state index contributed by atoms with van der Waals surface area (Å²) in [5.74, 6) is 0.558. The largest absolute Gasteiger partial charge is 0.481 e. The van der Waals surface area contributed by atoms with Gasteiger partial charge in [-0.3, -0.25) is 0 Å². The summed E-state index contributed by atoms with van der Waals surface area (Å²) >= 11 is 1.77. The molecule has 0 saturated carbocycles. The summed E-state index contributed by atoms with van der Waals surface area (Å²) < 4.78 is 5.08. The first-order valence-corrected chi connectivity index (χ1v) is 7.72. The molecule has 2 amide bonds. The highest BCUT2D eigenvalue weighted by Gasteiger charge is 2.21. The molecule has 1 aliphatic rings. The van der Waals surface area contributed by atoms with Gasteiger partial charge in [0.15, 0.2) is 0 Å². The highest BCUT2D eigenvalue weighted by atomic mass is 32.1. The number of hydrogen-bond donors (Lipinski definition) is 1. The third-order valence-electron chi connectivity index (χ3n) is 3.51. The van der Waals surface area contributed by atoms with Gasteiger partial charge in [0.1, 0.15) is 0 Å². The van der Waals surface area contributed by atoms with Gasteiger partial charge in [-0.1, -0.05) is 6.07 Å². The molecule has 2 aromatic heterocycles. The maximum atomic E-state index is 12.2. The first kappa shape index (κ1) is 13.9. The molecule has 0 spiro atoms. The lowest BCUT2D eigenvalue weighted by Crippen LogP contribution is -2.42. The number of nitrogens with one attached hydrogen (secondary N) is 1. The molecule has 3 rings (SSSR count). The summed E-state index contributed by atoms with van der Waals surface area (Å²) in [4.78, 5) is 19.7. The molecule has 21 heavy (non-hydrogen) atoms. The Morgan fingerprint density at radius 3 is 3.24 bits per heavy atom. The molecule has 1 N–H and O–H groups in total. The Balaban J connectivity index is 1.57. The fourth-order valence-electron chi connectivity index (χ4n) is 2.37. The predicted molar refractivity (Wildman–Crippen MR) is 81.5 cm³/mol. The van der Waals surface area contributed by atoms with Crippen LogP contribution in [-0.2, 0) is 19.5 Å². The van der Waals surface area contributed by atoms with Crippen LogP contribution in [0.4, 0.5) is 4.79 Å². The lowest BCUT2D eigenvalue weighted by Gasteiger charge is -2.27. The molecule has 0 bridgehead atoms. The van der Waals surface area contributed by atoms with Crippen molar-refractivity contribution in [3.63, 3.8) is 0 Å². The van der Waals surface area contributed by atoms with Crippen LogP contribution in [0.25, 0.3) is 0 Å². The zero-order chi connectivity index (χ0) is 14.7. The Morgan fingerprint density at radius 1 is 1.48 bits per heavy atom. The number of amides is 2. The zero-order valence-corrected chi connectivity index (χ0v) is 12.7. The van der Waals surface area contributed by atoms with Crippen molar-refractivity contribution < 1.29 is 9.53 Å². The van der Waals surface area contributed by atoms with E-state index in [2.05, 4.69) is 21.7 Å². The van der Waals surface area contributed by atoms with Crippen molar-refractivity contribution in [2.75, 3.05) is 13.7 Å². The number of urea groups is 1. The van der Waals surface area contributed by atoms with Crippen molar-refractivity contribution in [2.24, 2.45) is 0 Å². The van der Waals surface area contributed by atoms with Crippen LogP contribution in [0.3, 0.4) is 0 Å². The van der Waals surface area contributed by atoms with Crippen LogP contribution in [0.2, 0.25) is 0 Å². The molecule has 0 unspecified atom stereocenters. The van der Waals surface area contributed by atoms with Crippen LogP contribution in [0, 0.1) is 0 Å². The summed E-state index contributed by atoms with van der Waals surface area (Å²) in [7, 11) is 1.58. The summed E-state index contributed by atoms with van der Waals surface area (Å²) in [5, 5.41) is 5.00. The van der Waals surface area contributed by atoms with Crippen LogP contribution in [-0.4, -0.2) is 29.6 Å². The van der Waals surface area contributed by atoms with Crippen molar-refractivity contribution in [3.8, 4) is 5.88 Å². The Bertz CT molecular complexity index is 641. The van der Waals surface area contributed by atoms with E-state index >= 15 is 0 Å². The van der Waals surface area contributed by atoms with E-state index in [-0.39, 0.29) is 6.03 Å². The van der Waals surface area contributed by atoms with E-state index in [0.29, 0.717) is 19.0 Å². The quantitative estimate of drug-likeness (QED) is 0.947. The second kappa shape index (κ2) is 6.13. The minimum Gasteiger partial charge on any atom is -0.481 e. The maximum absolute atomic E-state index is 12.2. The van der Waals surface area contributed by atoms with Crippen LogP contribution >= 0.6 is 11.3 Å². The standard InChI is InChI=1S/C15H17N3O2S/c1-20-14-4-2-3-12(17-14)9-16-15(19)18-7-5-13-11(10-18)6-8-21-13/h2-4,6,8H,5,7,9-10H2,1H3,(H,16,19). The molecule has 5 nitrogen and oxygen atoms in total. The number of aromatic nitrogens is 1. The molecule has 1 aliphatic heterocycles. The lowest BCUT2D eigenvalue weighted by molar-refractivity contribution is 0.192. The van der Waals surface area contributed by atoms with E-state index in [1.165, 1.54) is 10.4 Å². The first-order chi connectivity index (χ1) is 10.3. The van der Waals surface area contributed by atoms with E-state index in [0.717, 1.165) is 18.7 Å². The van der Waals surface area contributed by atoms with Crippen molar-refractivity contribution in [2.45, 2.75) is 19.5 Å². The van der Waals surface area contributed by atoms with Crippen LogP contribution in [0.1, 0.15) is 16.1 Å². The molecular weight excluding hydrogens is 286 g/mol. The Morgan fingerprint density at radius 2 is 2.38 bits per heavy atom. The number of nitrogens with zero attached hydrogens (tertiary/aromatic N) is 2. The molecule has 0 fully saturated rings. The van der Waals surface area contributed by atoms with Crippen molar-refractivity contribution in [1.29, 1.82) is 0 Å². The molecule has 3 heterocycles. The third-order valence-corrected chi connectivity index (χ3v) is 4.53. The maximum Gasteiger partial charge on any atom is 0.318 e. The molecular formula is C15H17N3O2S. The summed E-state index contributed by atoms with van der Waals surface area (Å²) in [6.45, 7) is 1.87. The molecule has 0 radical (unpaired) electrons. The van der Waals surface area contributed by atoms with E-state index in [1.807, 2.05) is 17.0 Å². The van der Waals surface area contributed by atoms with E-state index in [4.69, 9.17) is 4.74 Å². The molecule has 0 aromatic carbocycles. The minimum absolute atomic E-state index is 0.0449. The molecule has 0 atom stereocenters. The van der Waals surface area contributed by atoms with Gasteiger partial charge in [-0.15, -0.1) is 11.3 Å². The number of carbonyl (C=O) groups is 1. The van der Waals surface area contributed by atoms with Crippen molar-refractivity contribution in [1.82, 2.24) is 15.2 Å². The van der Waals surface area contributed by atoms with Gasteiger partial charge in [0, 0.05) is 24.0 Å². The van der Waals surface area contributed by atoms with Gasteiger partial charge in [0.05, 0.1) is 19.3 Å². The number of fused-ring (bicyclic) bond motifs is 1. The fourth-order valence-corrected chi connectivity index (χ4v) is 3.26. The Kier molecular flexibility index (Phi) is 4.06. The second-order valence-electron chi connectivity index (χ2n) is 4.87. The Labute approximate surface area is 127 Å². The summed E-state index contributed by atoms with van der Waals surface area (Å²) in [5.41, 5.74) is 2.05. The molecule has 6 heteroatoms. The van der Waals surface area contributed by atoms with Crippen LogP contribution in [0.5, 0.6) is 5.88 Å². The number of methoxy groups -OCH3 is 1. The number of rotatable bonds is 3. The fraction of sp³-hybridized carbons (Fsp3) is 0.333. The number of pyridine rings is 1. The summed E-state index contributed by atoms with van der Waals surface area (Å²) in [6.07, 6.45) is 0.942. The van der Waals surface area contributed by atoms with E-state index in [1.54, 1.807) is 24.5 Å². The monoisotopic (exact) mass is 303 g/mol. The first-order valence-electron chi connectivity index (χ1n) is 6.84. The van der Waals surface area contributed by atoms with Gasteiger partial charge < -0.3 is 15.0 Å². The highest BCUT2D eigenvalue weighted by molar-refractivity contribution is 7.10. The smallest absolute Gasteiger partial charge is 0.318 e. The van der Waals surface area contributed by atoms with Gasteiger partial charge in [-0.25, -0.2) is 9.78 Å². The van der Waals surface area contributed by atoms with Gasteiger partial charge in [-0.2, -0.15) is 0 Å². The van der Waals surface area contributed by atoms with Crippen LogP contribution in [0.15, 0.2) is 29.6 Å². The predicted octanol–water partition coefficient (Wildman–Crippen LogP) is 2.42. The number of thiophene rings is 1. The normalized spacial score (nSPS) is 13.7. The Hall–Kier alpha value is -2.08. The molecule has 0 aliphatic carbocycles. The number of carbonyl (C=O) groups excluding carboxylic acids is 1. The van der Waals surface area contributed by atoms with Gasteiger partial charge in [0.2, 0.25) is 5.88 Å². The summed E-state index contributed by atoms with van der Waals surface area (Å²) in [6, 6.07) is 7.58. The van der Waals surface area contributed by atoms with Gasteiger partial charge in [0.25, 0.3) is 0 Å². The van der Waals surface area contributed by atoms with Gasteiger partial charge >= 0.3 is 6.03 Å². The topological polar surface area (TPSA) is 54.5 Å². The van der Waals surface area contributed by atoms with E-state index in [9.17, 15) is 4.79 Å². The van der Waals surface area contributed by atoms with Crippen molar-refractivity contribution >= 4 is 17.4 Å². The molecule has 110 valence electrons. The van der Waals surface area contributed by atoms with E-state index < -0.39 is 0 Å². The third kappa shape index (κ3) is 3.16. The molecule has 0 saturated heterocycles. The molecule has 2 aromatic rings. The zero-order valence-electron chi connectivity index (χ0n) is 11.8. The average Bonchev–Trinajstić information content (AvgIpc) is 3.00. The lowest BCUT2D eigenvalue weighted by atomic mass is 10.1. The van der Waals surface area contributed by atoms with Gasteiger partial charge in [-0.05, 0) is 29.5 Å². The number of ether oxygens (including phenoxy) is 1.